The molecule has 0 aromatic carbocycles. The Hall–Kier alpha value is -1.26. The van der Waals surface area contributed by atoms with Gasteiger partial charge in [0.1, 0.15) is 0 Å². The number of urea groups is 1. The fraction of sp³-hybridized carbons (Fsp3) is 0.846. The molecule has 1 rings (SSSR count). The highest BCUT2D eigenvalue weighted by molar-refractivity contribution is 5.77. The molecule has 0 spiro atoms. The highest BCUT2D eigenvalue weighted by Crippen LogP contribution is 2.32. The number of rotatable bonds is 5. The maximum absolute atomic E-state index is 12.1. The Bertz CT molecular complexity index is 311. The summed E-state index contributed by atoms with van der Waals surface area (Å²) in [7, 11) is 1.76. The molecule has 0 heterocycles. The fourth-order valence-corrected chi connectivity index (χ4v) is 2.48. The highest BCUT2D eigenvalue weighted by Gasteiger charge is 2.38. The molecule has 2 N–H and O–H groups in total. The van der Waals surface area contributed by atoms with Crippen LogP contribution >= 0.6 is 0 Å². The molecule has 0 aromatic heterocycles. The number of aliphatic carboxylic acids is 1. The van der Waals surface area contributed by atoms with Gasteiger partial charge >= 0.3 is 12.0 Å². The van der Waals surface area contributed by atoms with Crippen LogP contribution in [0.25, 0.3) is 0 Å². The number of nitrogens with one attached hydrogen (secondary N) is 1. The zero-order valence-corrected chi connectivity index (χ0v) is 11.5. The molecule has 5 nitrogen and oxygen atoms in total. The van der Waals surface area contributed by atoms with Gasteiger partial charge in [0, 0.05) is 13.1 Å². The second kappa shape index (κ2) is 6.07. The summed E-state index contributed by atoms with van der Waals surface area (Å²) in [6, 6.07) is 0.000723. The van der Waals surface area contributed by atoms with E-state index >= 15 is 0 Å². The number of carbonyl (C=O) groups excluding carboxylic acids is 1. The number of carboxylic acid groups (broad SMARTS) is 1. The van der Waals surface area contributed by atoms with Gasteiger partial charge in [0.25, 0.3) is 0 Å². The lowest BCUT2D eigenvalue weighted by Gasteiger charge is -2.33. The van der Waals surface area contributed by atoms with Crippen molar-refractivity contribution in [3.8, 4) is 0 Å². The standard InChI is InChI=1S/C13H24N2O3/c1-4-10(2)15(3)12(18)14-13(9-11(16)17)7-5-6-8-13/h10H,4-9H2,1-3H3,(H,14,18)(H,16,17). The van der Waals surface area contributed by atoms with Gasteiger partial charge in [-0.05, 0) is 26.2 Å². The Morgan fingerprint density at radius 3 is 2.39 bits per heavy atom. The zero-order chi connectivity index (χ0) is 13.8. The lowest BCUT2D eigenvalue weighted by Crippen LogP contribution is -2.53. The summed E-state index contributed by atoms with van der Waals surface area (Å²) < 4.78 is 0. The number of carbonyl (C=O) groups is 2. The van der Waals surface area contributed by atoms with Crippen LogP contribution in [0.15, 0.2) is 0 Å². The third-order valence-electron chi connectivity index (χ3n) is 3.99. The van der Waals surface area contributed by atoms with E-state index in [2.05, 4.69) is 5.32 Å². The van der Waals surface area contributed by atoms with Crippen molar-refractivity contribution in [3.63, 3.8) is 0 Å². The first-order chi connectivity index (χ1) is 8.40. The quantitative estimate of drug-likeness (QED) is 0.792. The number of amides is 2. The van der Waals surface area contributed by atoms with Gasteiger partial charge < -0.3 is 15.3 Å². The van der Waals surface area contributed by atoms with Crippen LogP contribution in [0.2, 0.25) is 0 Å². The molecule has 5 heteroatoms. The van der Waals surface area contributed by atoms with E-state index in [4.69, 9.17) is 5.11 Å². The summed E-state index contributed by atoms with van der Waals surface area (Å²) in [5.41, 5.74) is -0.537. The second-order valence-corrected chi connectivity index (χ2v) is 5.36. The molecule has 1 saturated carbocycles. The lowest BCUT2D eigenvalue weighted by molar-refractivity contribution is -0.138. The number of hydrogen-bond acceptors (Lipinski definition) is 2. The summed E-state index contributed by atoms with van der Waals surface area (Å²) >= 11 is 0. The predicted molar refractivity (Wildman–Crippen MR) is 69.5 cm³/mol. The third-order valence-corrected chi connectivity index (χ3v) is 3.99. The van der Waals surface area contributed by atoms with Crippen molar-refractivity contribution in [2.75, 3.05) is 7.05 Å². The van der Waals surface area contributed by atoms with Crippen LogP contribution in [-0.4, -0.2) is 40.6 Å². The topological polar surface area (TPSA) is 69.6 Å². The Labute approximate surface area is 109 Å². The van der Waals surface area contributed by atoms with Crippen molar-refractivity contribution < 1.29 is 14.7 Å². The van der Waals surface area contributed by atoms with Crippen LogP contribution in [0.3, 0.4) is 0 Å². The minimum absolute atomic E-state index is 0.0209. The van der Waals surface area contributed by atoms with Crippen LogP contribution in [0, 0.1) is 0 Å². The van der Waals surface area contributed by atoms with Crippen molar-refractivity contribution in [3.05, 3.63) is 0 Å². The Morgan fingerprint density at radius 2 is 1.94 bits per heavy atom. The van der Waals surface area contributed by atoms with Crippen molar-refractivity contribution in [1.82, 2.24) is 10.2 Å². The van der Waals surface area contributed by atoms with Gasteiger partial charge in [-0.25, -0.2) is 4.79 Å². The number of carboxylic acids is 1. The van der Waals surface area contributed by atoms with E-state index in [9.17, 15) is 9.59 Å². The van der Waals surface area contributed by atoms with Gasteiger partial charge in [-0.2, -0.15) is 0 Å². The van der Waals surface area contributed by atoms with E-state index in [1.165, 1.54) is 0 Å². The molecule has 1 unspecified atom stereocenters. The van der Waals surface area contributed by atoms with E-state index in [-0.39, 0.29) is 18.5 Å². The largest absolute Gasteiger partial charge is 0.481 e. The first kappa shape index (κ1) is 14.8. The van der Waals surface area contributed by atoms with Gasteiger partial charge in [-0.3, -0.25) is 4.79 Å². The first-order valence-electron chi connectivity index (χ1n) is 6.67. The van der Waals surface area contributed by atoms with Crippen LogP contribution in [-0.2, 0) is 4.79 Å². The normalized spacial score (nSPS) is 19.3. The Balaban J connectivity index is 2.66. The molecule has 1 fully saturated rings. The Morgan fingerprint density at radius 1 is 1.39 bits per heavy atom. The Kier molecular flexibility index (Phi) is 4.99. The molecule has 1 aliphatic carbocycles. The SMILES string of the molecule is CCC(C)N(C)C(=O)NC1(CC(=O)O)CCCC1. The van der Waals surface area contributed by atoms with E-state index in [0.717, 1.165) is 32.1 Å². The van der Waals surface area contributed by atoms with Crippen molar-refractivity contribution >= 4 is 12.0 Å². The number of nitrogens with zero attached hydrogens (tertiary/aromatic N) is 1. The monoisotopic (exact) mass is 256 g/mol. The van der Waals surface area contributed by atoms with Gasteiger partial charge in [-0.1, -0.05) is 19.8 Å². The molecule has 0 bridgehead atoms. The first-order valence-corrected chi connectivity index (χ1v) is 6.67. The maximum atomic E-state index is 12.1. The predicted octanol–water partition coefficient (Wildman–Crippen LogP) is 2.21. The lowest BCUT2D eigenvalue weighted by atomic mass is 9.93. The molecule has 0 saturated heterocycles. The smallest absolute Gasteiger partial charge is 0.317 e. The van der Waals surface area contributed by atoms with E-state index in [1.807, 2.05) is 13.8 Å². The molecular formula is C13H24N2O3. The van der Waals surface area contributed by atoms with Gasteiger partial charge in [-0.15, -0.1) is 0 Å². The molecule has 2 amide bonds. The van der Waals surface area contributed by atoms with E-state index in [1.54, 1.807) is 11.9 Å². The molecule has 0 aliphatic heterocycles. The molecule has 1 aliphatic rings. The molecule has 0 radical (unpaired) electrons. The van der Waals surface area contributed by atoms with Crippen molar-refractivity contribution in [2.24, 2.45) is 0 Å². The molecule has 104 valence electrons. The van der Waals surface area contributed by atoms with Crippen LogP contribution in [0.4, 0.5) is 4.79 Å². The molecular weight excluding hydrogens is 232 g/mol. The van der Waals surface area contributed by atoms with Crippen LogP contribution < -0.4 is 5.32 Å². The van der Waals surface area contributed by atoms with Crippen LogP contribution in [0.1, 0.15) is 52.4 Å². The van der Waals surface area contributed by atoms with Gasteiger partial charge in [0.05, 0.1) is 12.0 Å². The average molecular weight is 256 g/mol. The minimum atomic E-state index is -0.844. The molecule has 18 heavy (non-hydrogen) atoms. The summed E-state index contributed by atoms with van der Waals surface area (Å²) in [4.78, 5) is 24.7. The summed E-state index contributed by atoms with van der Waals surface area (Å²) in [5, 5.41) is 11.9. The summed E-state index contributed by atoms with van der Waals surface area (Å²) in [6.07, 6.45) is 4.41. The summed E-state index contributed by atoms with van der Waals surface area (Å²) in [6.45, 7) is 4.01. The minimum Gasteiger partial charge on any atom is -0.481 e. The van der Waals surface area contributed by atoms with Gasteiger partial charge in [0.2, 0.25) is 0 Å². The fourth-order valence-electron chi connectivity index (χ4n) is 2.48. The molecule has 1 atom stereocenters. The third kappa shape index (κ3) is 3.62. The van der Waals surface area contributed by atoms with Gasteiger partial charge in [0.15, 0.2) is 0 Å². The van der Waals surface area contributed by atoms with E-state index in [0.29, 0.717) is 0 Å². The van der Waals surface area contributed by atoms with Crippen molar-refractivity contribution in [1.29, 1.82) is 0 Å². The zero-order valence-electron chi connectivity index (χ0n) is 11.5. The van der Waals surface area contributed by atoms with E-state index < -0.39 is 11.5 Å². The second-order valence-electron chi connectivity index (χ2n) is 5.36. The van der Waals surface area contributed by atoms with Crippen LogP contribution in [0.5, 0.6) is 0 Å². The van der Waals surface area contributed by atoms with Crippen molar-refractivity contribution in [2.45, 2.75) is 64.0 Å². The summed E-state index contributed by atoms with van der Waals surface area (Å²) in [5.74, 6) is -0.844. The number of hydrogen-bond donors (Lipinski definition) is 2. The average Bonchev–Trinajstić information content (AvgIpc) is 2.74. The maximum Gasteiger partial charge on any atom is 0.317 e. The highest BCUT2D eigenvalue weighted by atomic mass is 16.4. The molecule has 0 aromatic rings.